The van der Waals surface area contributed by atoms with E-state index in [1.807, 2.05) is 0 Å². The van der Waals surface area contributed by atoms with Crippen LogP contribution in [0.15, 0.2) is 0 Å². The summed E-state index contributed by atoms with van der Waals surface area (Å²) in [6.45, 7) is 11.7. The predicted octanol–water partition coefficient (Wildman–Crippen LogP) is 13.6. The average Bonchev–Trinajstić information content (AvgIpc) is 3.19. The molecule has 0 saturated heterocycles. The molecule has 0 aliphatic heterocycles. The Balaban J connectivity index is 4.37. The number of carbonyl (C=O) groups is 2. The number of unbranched alkanes of at least 4 members (excludes halogenated alkanes) is 23. The van der Waals surface area contributed by atoms with E-state index in [0.717, 1.165) is 122 Å². The van der Waals surface area contributed by atoms with Crippen LogP contribution < -0.4 is 0 Å². The Labute approximate surface area is 348 Å². The second-order valence-electron chi connectivity index (χ2n) is 17.2. The number of esters is 2. The second kappa shape index (κ2) is 43.4. The minimum Gasteiger partial charge on any atom is -0.462 e. The van der Waals surface area contributed by atoms with E-state index in [2.05, 4.69) is 32.6 Å². The first-order chi connectivity index (χ1) is 27.4. The van der Waals surface area contributed by atoms with E-state index < -0.39 is 0 Å². The van der Waals surface area contributed by atoms with Crippen LogP contribution in [0.5, 0.6) is 0 Å². The predicted molar refractivity (Wildman–Crippen MR) is 238 cm³/mol. The molecule has 0 heterocycles. The summed E-state index contributed by atoms with van der Waals surface area (Å²) in [6, 6.07) is 0. The van der Waals surface area contributed by atoms with Crippen LogP contribution in [0, 0.1) is 0 Å². The Morgan fingerprint density at radius 2 is 0.804 bits per heavy atom. The van der Waals surface area contributed by atoms with E-state index in [0.29, 0.717) is 19.4 Å². The summed E-state index contributed by atoms with van der Waals surface area (Å²) < 4.78 is 11.8. The van der Waals surface area contributed by atoms with Crippen LogP contribution >= 0.6 is 0 Å². The minimum absolute atomic E-state index is 0.00104. The van der Waals surface area contributed by atoms with E-state index in [1.165, 1.54) is 109 Å². The zero-order chi connectivity index (χ0) is 41.2. The average molecular weight is 796 g/mol. The summed E-state index contributed by atoms with van der Waals surface area (Å²) in [5.74, 6) is -0.0671. The summed E-state index contributed by atoms with van der Waals surface area (Å²) in [5.41, 5.74) is 0. The molecule has 334 valence electrons. The Bertz CT molecular complexity index is 808. The van der Waals surface area contributed by atoms with Gasteiger partial charge in [0.25, 0.3) is 0 Å². The summed E-state index contributed by atoms with van der Waals surface area (Å²) in [5, 5.41) is 20.1. The Kier molecular flexibility index (Phi) is 42.5. The van der Waals surface area contributed by atoms with Crippen molar-refractivity contribution in [2.75, 3.05) is 26.2 Å². The highest BCUT2D eigenvalue weighted by atomic mass is 16.5. The molecule has 0 saturated carbocycles. The molecule has 0 amide bonds. The van der Waals surface area contributed by atoms with E-state index in [-0.39, 0.29) is 36.9 Å². The van der Waals surface area contributed by atoms with Crippen molar-refractivity contribution >= 4 is 11.9 Å². The van der Waals surface area contributed by atoms with Crippen LogP contribution in [-0.4, -0.2) is 71.6 Å². The van der Waals surface area contributed by atoms with Crippen LogP contribution in [0.2, 0.25) is 0 Å². The van der Waals surface area contributed by atoms with Crippen LogP contribution in [-0.2, 0) is 19.1 Å². The summed E-state index contributed by atoms with van der Waals surface area (Å²) >= 11 is 0. The third-order valence-corrected chi connectivity index (χ3v) is 11.6. The van der Waals surface area contributed by atoms with Crippen molar-refractivity contribution in [1.29, 1.82) is 0 Å². The van der Waals surface area contributed by atoms with Crippen molar-refractivity contribution in [1.82, 2.24) is 4.90 Å². The van der Waals surface area contributed by atoms with E-state index in [1.54, 1.807) is 0 Å². The second-order valence-corrected chi connectivity index (χ2v) is 17.2. The third-order valence-electron chi connectivity index (χ3n) is 11.6. The maximum atomic E-state index is 12.8. The Morgan fingerprint density at radius 3 is 1.27 bits per heavy atom. The van der Waals surface area contributed by atoms with Crippen LogP contribution in [0.25, 0.3) is 0 Å². The number of aliphatic hydroxyl groups is 2. The van der Waals surface area contributed by atoms with Gasteiger partial charge in [-0.2, -0.15) is 0 Å². The van der Waals surface area contributed by atoms with Crippen LogP contribution in [0.4, 0.5) is 0 Å². The smallest absolute Gasteiger partial charge is 0.306 e. The molecule has 0 aromatic heterocycles. The number of hydrogen-bond acceptors (Lipinski definition) is 7. The molecule has 0 rings (SSSR count). The quantitative estimate of drug-likeness (QED) is 0.0468. The van der Waals surface area contributed by atoms with Gasteiger partial charge < -0.3 is 24.6 Å². The van der Waals surface area contributed by atoms with Crippen molar-refractivity contribution in [3.05, 3.63) is 0 Å². The van der Waals surface area contributed by atoms with Crippen molar-refractivity contribution in [3.8, 4) is 0 Å². The zero-order valence-electron chi connectivity index (χ0n) is 38.0. The van der Waals surface area contributed by atoms with Gasteiger partial charge in [0.2, 0.25) is 0 Å². The largest absolute Gasteiger partial charge is 0.462 e. The fraction of sp³-hybridized carbons (Fsp3) is 0.959. The topological polar surface area (TPSA) is 96.3 Å². The summed E-state index contributed by atoms with van der Waals surface area (Å²) in [4.78, 5) is 27.6. The molecule has 0 fully saturated rings. The molecule has 2 atom stereocenters. The van der Waals surface area contributed by atoms with Crippen molar-refractivity contribution < 1.29 is 29.3 Å². The van der Waals surface area contributed by atoms with Crippen molar-refractivity contribution in [3.63, 3.8) is 0 Å². The van der Waals surface area contributed by atoms with Gasteiger partial charge in [0, 0.05) is 26.0 Å². The highest BCUT2D eigenvalue weighted by Gasteiger charge is 2.16. The first-order valence-corrected chi connectivity index (χ1v) is 24.8. The maximum Gasteiger partial charge on any atom is 0.306 e. The van der Waals surface area contributed by atoms with Gasteiger partial charge in [-0.05, 0) is 103 Å². The van der Waals surface area contributed by atoms with Gasteiger partial charge in [0.05, 0.1) is 6.10 Å². The zero-order valence-corrected chi connectivity index (χ0v) is 38.0. The van der Waals surface area contributed by atoms with E-state index in [4.69, 9.17) is 9.47 Å². The molecular weight excluding hydrogens is 699 g/mol. The Morgan fingerprint density at radius 1 is 0.446 bits per heavy atom. The molecule has 0 aromatic carbocycles. The maximum absolute atomic E-state index is 12.8. The highest BCUT2D eigenvalue weighted by molar-refractivity contribution is 5.69. The normalized spacial score (nSPS) is 12.8. The summed E-state index contributed by atoms with van der Waals surface area (Å²) in [6.07, 6.45) is 39.1. The molecule has 0 aromatic rings. The van der Waals surface area contributed by atoms with Gasteiger partial charge in [0.15, 0.2) is 0 Å². The van der Waals surface area contributed by atoms with Crippen molar-refractivity contribution in [2.45, 2.75) is 277 Å². The van der Waals surface area contributed by atoms with E-state index in [9.17, 15) is 19.8 Å². The first kappa shape index (κ1) is 54.8. The monoisotopic (exact) mass is 796 g/mol. The fourth-order valence-corrected chi connectivity index (χ4v) is 7.82. The third kappa shape index (κ3) is 38.3. The lowest BCUT2D eigenvalue weighted by Gasteiger charge is -2.25. The number of aliphatic hydroxyl groups excluding tert-OH is 2. The highest BCUT2D eigenvalue weighted by Crippen LogP contribution is 2.19. The molecule has 2 unspecified atom stereocenters. The van der Waals surface area contributed by atoms with Gasteiger partial charge in [-0.3, -0.25) is 9.59 Å². The molecule has 7 heteroatoms. The number of ether oxygens (including phenoxy) is 2. The first-order valence-electron chi connectivity index (χ1n) is 24.8. The molecule has 0 bridgehead atoms. The van der Waals surface area contributed by atoms with Crippen LogP contribution in [0.3, 0.4) is 0 Å². The Hall–Kier alpha value is -1.18. The van der Waals surface area contributed by atoms with Gasteiger partial charge in [-0.1, -0.05) is 156 Å². The lowest BCUT2D eigenvalue weighted by atomic mass is 10.0. The number of hydrogen-bond donors (Lipinski definition) is 2. The minimum atomic E-state index is -0.362. The standard InChI is InChI=1S/C49H97NO6/c1-5-9-12-15-19-27-36-46(8-4)55-48(53)40-31-24-26-35-45(52)44-50(42-33-25-34-43-51)41-32-23-18-22-30-39-49(54)56-47(37-28-20-16-13-10-6-2)38-29-21-17-14-11-7-3/h45-47,51-52H,5-44H2,1-4H3. The molecule has 0 spiro atoms. The number of carbonyl (C=O) groups excluding carboxylic acids is 2. The fourth-order valence-electron chi connectivity index (χ4n) is 7.82. The molecule has 7 nitrogen and oxygen atoms in total. The molecular formula is C49H97NO6. The number of rotatable bonds is 45. The van der Waals surface area contributed by atoms with Gasteiger partial charge in [-0.15, -0.1) is 0 Å². The summed E-state index contributed by atoms with van der Waals surface area (Å²) in [7, 11) is 0. The number of nitrogens with zero attached hydrogens (tertiary/aromatic N) is 1. The van der Waals surface area contributed by atoms with Gasteiger partial charge >= 0.3 is 11.9 Å². The van der Waals surface area contributed by atoms with Gasteiger partial charge in [-0.25, -0.2) is 0 Å². The molecule has 0 aliphatic rings. The molecule has 0 aliphatic carbocycles. The van der Waals surface area contributed by atoms with Crippen molar-refractivity contribution in [2.24, 2.45) is 0 Å². The van der Waals surface area contributed by atoms with Crippen LogP contribution in [0.1, 0.15) is 259 Å². The van der Waals surface area contributed by atoms with Gasteiger partial charge in [0.1, 0.15) is 12.2 Å². The molecule has 56 heavy (non-hydrogen) atoms. The SMILES string of the molecule is CCCCCCCCC(CC)OC(=O)CCCCCC(O)CN(CCCCCO)CCCCCCCC(=O)OC(CCCCCCCC)CCCCCCCC. The molecule has 2 N–H and O–H groups in total. The lowest BCUT2D eigenvalue weighted by molar-refractivity contribution is -0.150. The lowest BCUT2D eigenvalue weighted by Crippen LogP contribution is -2.34. The van der Waals surface area contributed by atoms with E-state index >= 15 is 0 Å². The molecule has 0 radical (unpaired) electrons.